The van der Waals surface area contributed by atoms with E-state index in [1.165, 1.54) is 16.3 Å². The minimum absolute atomic E-state index is 0.435. The first-order valence-corrected chi connectivity index (χ1v) is 6.88. The van der Waals surface area contributed by atoms with Crippen LogP contribution in [0.4, 0.5) is 0 Å². The monoisotopic (exact) mass is 239 g/mol. The molecular formula is C12H21N3S. The molecule has 1 unspecified atom stereocenters. The molecule has 1 aromatic rings. The van der Waals surface area contributed by atoms with Gasteiger partial charge in [0.1, 0.15) is 5.01 Å². The molecule has 0 bridgehead atoms. The first kappa shape index (κ1) is 12.0. The van der Waals surface area contributed by atoms with Crippen LogP contribution in [0.2, 0.25) is 0 Å². The molecule has 1 fully saturated rings. The number of aryl methyl sites for hydroxylation is 1. The summed E-state index contributed by atoms with van der Waals surface area (Å²) in [4.78, 5) is 5.79. The van der Waals surface area contributed by atoms with Gasteiger partial charge in [-0.2, -0.15) is 0 Å². The quantitative estimate of drug-likeness (QED) is 0.822. The summed E-state index contributed by atoms with van der Waals surface area (Å²) < 4.78 is 0. The number of nitrogens with one attached hydrogen (secondary N) is 2. The van der Waals surface area contributed by atoms with Crippen LogP contribution in [-0.2, 0) is 13.0 Å². The molecule has 1 aliphatic rings. The third kappa shape index (κ3) is 3.03. The van der Waals surface area contributed by atoms with Crippen LogP contribution in [0.5, 0.6) is 0 Å². The molecule has 2 N–H and O–H groups in total. The second-order valence-electron chi connectivity index (χ2n) is 4.91. The Kier molecular flexibility index (Phi) is 3.95. The number of nitrogens with zero attached hydrogens (tertiary/aromatic N) is 1. The lowest BCUT2D eigenvalue weighted by Gasteiger charge is -2.22. The molecule has 2 heterocycles. The van der Waals surface area contributed by atoms with Gasteiger partial charge in [0.25, 0.3) is 0 Å². The molecule has 90 valence electrons. The Balaban J connectivity index is 1.75. The molecule has 1 aliphatic heterocycles. The molecule has 0 aliphatic carbocycles. The summed E-state index contributed by atoms with van der Waals surface area (Å²) in [6, 6.07) is 0. The molecule has 1 saturated heterocycles. The van der Waals surface area contributed by atoms with E-state index in [0.29, 0.717) is 5.41 Å². The van der Waals surface area contributed by atoms with Crippen molar-refractivity contribution >= 4 is 11.3 Å². The van der Waals surface area contributed by atoms with Crippen molar-refractivity contribution in [2.75, 3.05) is 19.6 Å². The summed E-state index contributed by atoms with van der Waals surface area (Å²) in [5, 5.41) is 8.17. The fraction of sp³-hybridized carbons (Fsp3) is 0.750. The Morgan fingerprint density at radius 3 is 3.12 bits per heavy atom. The average Bonchev–Trinajstić information content (AvgIpc) is 2.88. The summed E-state index contributed by atoms with van der Waals surface area (Å²) in [5.74, 6) is 0. The summed E-state index contributed by atoms with van der Waals surface area (Å²) in [7, 11) is 0. The summed E-state index contributed by atoms with van der Waals surface area (Å²) in [5.41, 5.74) is 0.435. The summed E-state index contributed by atoms with van der Waals surface area (Å²) in [6.07, 6.45) is 4.37. The Morgan fingerprint density at radius 2 is 2.50 bits per heavy atom. The van der Waals surface area contributed by atoms with Crippen molar-refractivity contribution < 1.29 is 0 Å². The third-order valence-corrected chi connectivity index (χ3v) is 4.38. The van der Waals surface area contributed by atoms with Gasteiger partial charge in [-0.05, 0) is 24.8 Å². The fourth-order valence-corrected chi connectivity index (χ4v) is 2.92. The van der Waals surface area contributed by atoms with Crippen molar-refractivity contribution in [1.82, 2.24) is 15.6 Å². The number of aromatic nitrogens is 1. The van der Waals surface area contributed by atoms with Crippen LogP contribution in [0.25, 0.3) is 0 Å². The lowest BCUT2D eigenvalue weighted by molar-refractivity contribution is 0.339. The van der Waals surface area contributed by atoms with Gasteiger partial charge in [0.2, 0.25) is 0 Å². The zero-order valence-corrected chi connectivity index (χ0v) is 11.0. The number of hydrogen-bond acceptors (Lipinski definition) is 4. The van der Waals surface area contributed by atoms with Crippen LogP contribution in [0.15, 0.2) is 6.20 Å². The molecule has 0 radical (unpaired) electrons. The van der Waals surface area contributed by atoms with Gasteiger partial charge in [-0.1, -0.05) is 13.8 Å². The first-order valence-electron chi connectivity index (χ1n) is 6.07. The summed E-state index contributed by atoms with van der Waals surface area (Å²) in [6.45, 7) is 8.82. The molecule has 1 aromatic heterocycles. The van der Waals surface area contributed by atoms with E-state index < -0.39 is 0 Å². The number of hydrogen-bond donors (Lipinski definition) is 2. The highest BCUT2D eigenvalue weighted by atomic mass is 32.1. The van der Waals surface area contributed by atoms with Gasteiger partial charge in [-0.3, -0.25) is 0 Å². The van der Waals surface area contributed by atoms with Gasteiger partial charge < -0.3 is 10.6 Å². The van der Waals surface area contributed by atoms with Gasteiger partial charge >= 0.3 is 0 Å². The normalized spacial score (nSPS) is 25.1. The Hall–Kier alpha value is -0.450. The molecule has 16 heavy (non-hydrogen) atoms. The van der Waals surface area contributed by atoms with Crippen LogP contribution in [0, 0.1) is 5.41 Å². The molecule has 1 atom stereocenters. The SMILES string of the molecule is CCc1cnc(CNCC2(C)CCNC2)s1. The Bertz CT molecular complexity index is 329. The first-order chi connectivity index (χ1) is 7.72. The third-order valence-electron chi connectivity index (χ3n) is 3.24. The highest BCUT2D eigenvalue weighted by Gasteiger charge is 2.27. The van der Waals surface area contributed by atoms with Crippen LogP contribution in [-0.4, -0.2) is 24.6 Å². The Labute approximate surface area is 102 Å². The second kappa shape index (κ2) is 5.25. The molecule has 0 amide bonds. The van der Waals surface area contributed by atoms with Crippen molar-refractivity contribution in [2.24, 2.45) is 5.41 Å². The van der Waals surface area contributed by atoms with E-state index in [1.807, 2.05) is 17.5 Å². The van der Waals surface area contributed by atoms with Crippen molar-refractivity contribution in [1.29, 1.82) is 0 Å². The maximum Gasteiger partial charge on any atom is 0.107 e. The van der Waals surface area contributed by atoms with Crippen LogP contribution < -0.4 is 10.6 Å². The molecule has 4 heteroatoms. The maximum absolute atomic E-state index is 4.41. The highest BCUT2D eigenvalue weighted by molar-refractivity contribution is 7.11. The minimum atomic E-state index is 0.435. The van der Waals surface area contributed by atoms with E-state index in [-0.39, 0.29) is 0 Å². The van der Waals surface area contributed by atoms with Gasteiger partial charge in [0, 0.05) is 30.7 Å². The lowest BCUT2D eigenvalue weighted by atomic mass is 9.90. The van der Waals surface area contributed by atoms with E-state index in [9.17, 15) is 0 Å². The zero-order chi connectivity index (χ0) is 11.4. The standard InChI is InChI=1S/C12H21N3S/c1-3-10-6-15-11(16-10)7-14-9-12(2)4-5-13-8-12/h6,13-14H,3-5,7-9H2,1-2H3. The van der Waals surface area contributed by atoms with E-state index in [0.717, 1.165) is 32.6 Å². The van der Waals surface area contributed by atoms with Crippen molar-refractivity contribution in [3.05, 3.63) is 16.1 Å². The summed E-state index contributed by atoms with van der Waals surface area (Å²) >= 11 is 1.83. The van der Waals surface area contributed by atoms with Gasteiger partial charge in [-0.15, -0.1) is 11.3 Å². The molecule has 0 aromatic carbocycles. The topological polar surface area (TPSA) is 37.0 Å². The van der Waals surface area contributed by atoms with E-state index >= 15 is 0 Å². The van der Waals surface area contributed by atoms with Crippen LogP contribution in [0.1, 0.15) is 30.2 Å². The number of rotatable bonds is 5. The van der Waals surface area contributed by atoms with Crippen molar-refractivity contribution in [3.63, 3.8) is 0 Å². The second-order valence-corrected chi connectivity index (χ2v) is 6.11. The number of thiazole rings is 1. The van der Waals surface area contributed by atoms with Crippen LogP contribution >= 0.6 is 11.3 Å². The van der Waals surface area contributed by atoms with Gasteiger partial charge in [0.15, 0.2) is 0 Å². The fourth-order valence-electron chi connectivity index (χ4n) is 2.08. The van der Waals surface area contributed by atoms with Crippen molar-refractivity contribution in [2.45, 2.75) is 33.2 Å². The van der Waals surface area contributed by atoms with E-state index in [1.54, 1.807) is 0 Å². The molecule has 0 saturated carbocycles. The van der Waals surface area contributed by atoms with E-state index in [2.05, 4.69) is 29.5 Å². The minimum Gasteiger partial charge on any atom is -0.316 e. The molecule has 0 spiro atoms. The lowest BCUT2D eigenvalue weighted by Crippen LogP contribution is -2.33. The smallest absolute Gasteiger partial charge is 0.107 e. The van der Waals surface area contributed by atoms with Crippen LogP contribution in [0.3, 0.4) is 0 Å². The molecule has 2 rings (SSSR count). The predicted octanol–water partition coefficient (Wildman–Crippen LogP) is 1.79. The largest absolute Gasteiger partial charge is 0.316 e. The van der Waals surface area contributed by atoms with E-state index in [4.69, 9.17) is 0 Å². The van der Waals surface area contributed by atoms with Crippen molar-refractivity contribution in [3.8, 4) is 0 Å². The predicted molar refractivity (Wildman–Crippen MR) is 68.8 cm³/mol. The Morgan fingerprint density at radius 1 is 1.62 bits per heavy atom. The molecule has 3 nitrogen and oxygen atoms in total. The molecular weight excluding hydrogens is 218 g/mol. The van der Waals surface area contributed by atoms with Gasteiger partial charge in [0.05, 0.1) is 0 Å². The average molecular weight is 239 g/mol. The van der Waals surface area contributed by atoms with Gasteiger partial charge in [-0.25, -0.2) is 4.98 Å². The maximum atomic E-state index is 4.41. The zero-order valence-electron chi connectivity index (χ0n) is 10.2. The highest BCUT2D eigenvalue weighted by Crippen LogP contribution is 2.23.